The number of rotatable bonds is 7. The molecule has 1 amide bonds. The highest BCUT2D eigenvalue weighted by atomic mass is 16.3. The van der Waals surface area contributed by atoms with Gasteiger partial charge in [0.1, 0.15) is 0 Å². The molecule has 3 aliphatic heterocycles. The summed E-state index contributed by atoms with van der Waals surface area (Å²) in [6.45, 7) is 3.51. The molecule has 0 aliphatic carbocycles. The third-order valence-electron chi connectivity index (χ3n) is 6.96. The average Bonchev–Trinajstić information content (AvgIpc) is 3.06. The van der Waals surface area contributed by atoms with E-state index in [9.17, 15) is 9.90 Å². The van der Waals surface area contributed by atoms with E-state index in [1.54, 1.807) is 0 Å². The number of hydrogen-bond donors (Lipinski definition) is 3. The summed E-state index contributed by atoms with van der Waals surface area (Å²) in [4.78, 5) is 14.7. The summed E-state index contributed by atoms with van der Waals surface area (Å²) in [6, 6.07) is 11.2. The molecule has 0 spiro atoms. The minimum absolute atomic E-state index is 0.244. The number of aliphatic hydroxyl groups excluding tert-OH is 1. The standard InChI is InChI=1S/C23H35N3O2/c27-22(19-4-2-1-3-5-19)16-26-10-8-17(9-11-26)15-24-23(28)14-18-12-20-6-7-21(13-18)25-20/h1-5,17-18,20-22,25,27H,6-16H2,(H,24,28). The zero-order chi connectivity index (χ0) is 19.3. The average molecular weight is 386 g/mol. The Balaban J connectivity index is 1.12. The number of β-amino-alcohol motifs (C(OH)–C–C–N with tert-alkyl or cyclic N) is 1. The molecule has 1 aromatic carbocycles. The van der Waals surface area contributed by atoms with Crippen molar-refractivity contribution in [2.75, 3.05) is 26.2 Å². The molecule has 5 heteroatoms. The highest BCUT2D eigenvalue weighted by Gasteiger charge is 2.34. The molecular formula is C23H35N3O2. The second-order valence-electron chi connectivity index (χ2n) is 9.15. The molecule has 1 aromatic rings. The van der Waals surface area contributed by atoms with Crippen LogP contribution in [-0.4, -0.2) is 54.2 Å². The molecule has 3 atom stereocenters. The van der Waals surface area contributed by atoms with Gasteiger partial charge in [-0.3, -0.25) is 4.79 Å². The molecule has 3 aliphatic rings. The first-order valence-electron chi connectivity index (χ1n) is 11.1. The van der Waals surface area contributed by atoms with Gasteiger partial charge in [-0.15, -0.1) is 0 Å². The van der Waals surface area contributed by atoms with Gasteiger partial charge in [-0.1, -0.05) is 30.3 Å². The van der Waals surface area contributed by atoms with Crippen molar-refractivity contribution < 1.29 is 9.90 Å². The maximum atomic E-state index is 12.4. The van der Waals surface area contributed by atoms with Gasteiger partial charge >= 0.3 is 0 Å². The summed E-state index contributed by atoms with van der Waals surface area (Å²) in [7, 11) is 0. The predicted octanol–water partition coefficient (Wildman–Crippen LogP) is 2.47. The van der Waals surface area contributed by atoms with Crippen molar-refractivity contribution in [2.45, 2.75) is 63.1 Å². The molecule has 3 heterocycles. The predicted molar refractivity (Wildman–Crippen MR) is 111 cm³/mol. The van der Waals surface area contributed by atoms with E-state index in [1.165, 1.54) is 25.7 Å². The fourth-order valence-electron chi connectivity index (χ4n) is 5.33. The number of benzene rings is 1. The minimum Gasteiger partial charge on any atom is -0.387 e. The second kappa shape index (κ2) is 9.38. The molecule has 4 rings (SSSR count). The Hall–Kier alpha value is -1.43. The van der Waals surface area contributed by atoms with E-state index >= 15 is 0 Å². The number of amides is 1. The first kappa shape index (κ1) is 19.9. The number of carbonyl (C=O) groups is 1. The number of aliphatic hydroxyl groups is 1. The van der Waals surface area contributed by atoms with Crippen LogP contribution < -0.4 is 10.6 Å². The number of nitrogens with zero attached hydrogens (tertiary/aromatic N) is 1. The van der Waals surface area contributed by atoms with Gasteiger partial charge in [-0.05, 0) is 69.0 Å². The van der Waals surface area contributed by atoms with Crippen LogP contribution in [0.3, 0.4) is 0 Å². The molecule has 5 nitrogen and oxygen atoms in total. The Morgan fingerprint density at radius 3 is 2.43 bits per heavy atom. The fourth-order valence-corrected chi connectivity index (χ4v) is 5.33. The van der Waals surface area contributed by atoms with Crippen molar-refractivity contribution in [3.8, 4) is 0 Å². The third-order valence-corrected chi connectivity index (χ3v) is 6.96. The van der Waals surface area contributed by atoms with Crippen molar-refractivity contribution in [3.63, 3.8) is 0 Å². The largest absolute Gasteiger partial charge is 0.387 e. The molecule has 3 unspecified atom stereocenters. The van der Waals surface area contributed by atoms with Crippen LogP contribution in [-0.2, 0) is 4.79 Å². The molecule has 154 valence electrons. The van der Waals surface area contributed by atoms with Crippen LogP contribution in [0.1, 0.15) is 56.6 Å². The molecule has 28 heavy (non-hydrogen) atoms. The summed E-state index contributed by atoms with van der Waals surface area (Å²) >= 11 is 0. The molecule has 0 radical (unpaired) electrons. The van der Waals surface area contributed by atoms with Crippen LogP contribution in [0.4, 0.5) is 0 Å². The van der Waals surface area contributed by atoms with E-state index < -0.39 is 6.10 Å². The summed E-state index contributed by atoms with van der Waals surface area (Å²) < 4.78 is 0. The lowest BCUT2D eigenvalue weighted by Crippen LogP contribution is -2.42. The maximum Gasteiger partial charge on any atom is 0.220 e. The van der Waals surface area contributed by atoms with Crippen LogP contribution in [0.2, 0.25) is 0 Å². The van der Waals surface area contributed by atoms with Crippen molar-refractivity contribution >= 4 is 5.91 Å². The second-order valence-corrected chi connectivity index (χ2v) is 9.15. The van der Waals surface area contributed by atoms with Gasteiger partial charge in [0, 0.05) is 31.6 Å². The Kier molecular flexibility index (Phi) is 6.65. The Morgan fingerprint density at radius 1 is 1.07 bits per heavy atom. The van der Waals surface area contributed by atoms with E-state index in [4.69, 9.17) is 0 Å². The van der Waals surface area contributed by atoms with Gasteiger partial charge in [-0.2, -0.15) is 0 Å². The Labute approximate surface area is 168 Å². The minimum atomic E-state index is -0.419. The number of likely N-dealkylation sites (tertiary alicyclic amines) is 1. The molecule has 3 saturated heterocycles. The van der Waals surface area contributed by atoms with Gasteiger partial charge in [0.2, 0.25) is 5.91 Å². The van der Waals surface area contributed by atoms with Crippen LogP contribution in [0.15, 0.2) is 30.3 Å². The van der Waals surface area contributed by atoms with E-state index in [-0.39, 0.29) is 5.91 Å². The summed E-state index contributed by atoms with van der Waals surface area (Å²) in [6.07, 6.45) is 7.41. The lowest BCUT2D eigenvalue weighted by molar-refractivity contribution is -0.122. The molecule has 0 aromatic heterocycles. The van der Waals surface area contributed by atoms with Gasteiger partial charge in [0.25, 0.3) is 0 Å². The van der Waals surface area contributed by atoms with E-state index in [0.717, 1.165) is 38.0 Å². The van der Waals surface area contributed by atoms with E-state index in [1.807, 2.05) is 30.3 Å². The van der Waals surface area contributed by atoms with E-state index in [0.29, 0.717) is 36.9 Å². The number of fused-ring (bicyclic) bond motifs is 2. The first-order chi connectivity index (χ1) is 13.7. The molecule has 3 fully saturated rings. The zero-order valence-corrected chi connectivity index (χ0v) is 16.9. The molecule has 0 saturated carbocycles. The third kappa shape index (κ3) is 5.34. The SMILES string of the molecule is O=C(CC1CC2CCC(C1)N2)NCC1CCN(CC(O)c2ccccc2)CC1. The molecule has 3 N–H and O–H groups in total. The highest BCUT2D eigenvalue weighted by molar-refractivity contribution is 5.76. The summed E-state index contributed by atoms with van der Waals surface area (Å²) in [5.74, 6) is 1.38. The van der Waals surface area contributed by atoms with Crippen molar-refractivity contribution in [3.05, 3.63) is 35.9 Å². The van der Waals surface area contributed by atoms with Gasteiger partial charge < -0.3 is 20.6 Å². The monoisotopic (exact) mass is 385 g/mol. The van der Waals surface area contributed by atoms with Gasteiger partial charge in [0.15, 0.2) is 0 Å². The number of nitrogens with one attached hydrogen (secondary N) is 2. The van der Waals surface area contributed by atoms with Crippen LogP contribution in [0.5, 0.6) is 0 Å². The topological polar surface area (TPSA) is 64.6 Å². The van der Waals surface area contributed by atoms with E-state index in [2.05, 4.69) is 15.5 Å². The zero-order valence-electron chi connectivity index (χ0n) is 16.9. The normalized spacial score (nSPS) is 29.5. The van der Waals surface area contributed by atoms with Crippen LogP contribution in [0.25, 0.3) is 0 Å². The molecular weight excluding hydrogens is 350 g/mol. The summed E-state index contributed by atoms with van der Waals surface area (Å²) in [5.41, 5.74) is 0.989. The lowest BCUT2D eigenvalue weighted by Gasteiger charge is -2.33. The van der Waals surface area contributed by atoms with Crippen molar-refractivity contribution in [1.29, 1.82) is 0 Å². The number of piperidine rings is 2. The Morgan fingerprint density at radius 2 is 1.75 bits per heavy atom. The number of carbonyl (C=O) groups excluding carboxylic acids is 1. The van der Waals surface area contributed by atoms with Crippen LogP contribution in [0, 0.1) is 11.8 Å². The highest BCUT2D eigenvalue weighted by Crippen LogP contribution is 2.32. The lowest BCUT2D eigenvalue weighted by atomic mass is 9.89. The first-order valence-corrected chi connectivity index (χ1v) is 11.1. The molecule has 2 bridgehead atoms. The number of hydrogen-bond acceptors (Lipinski definition) is 4. The Bertz CT molecular complexity index is 618. The fraction of sp³-hybridized carbons (Fsp3) is 0.696. The van der Waals surface area contributed by atoms with Gasteiger partial charge in [-0.25, -0.2) is 0 Å². The van der Waals surface area contributed by atoms with Gasteiger partial charge in [0.05, 0.1) is 6.10 Å². The smallest absolute Gasteiger partial charge is 0.220 e. The van der Waals surface area contributed by atoms with Crippen molar-refractivity contribution in [2.24, 2.45) is 11.8 Å². The maximum absolute atomic E-state index is 12.4. The van der Waals surface area contributed by atoms with Crippen molar-refractivity contribution in [1.82, 2.24) is 15.5 Å². The summed E-state index contributed by atoms with van der Waals surface area (Å²) in [5, 5.41) is 17.3. The van der Waals surface area contributed by atoms with Crippen LogP contribution >= 0.6 is 0 Å². The quantitative estimate of drug-likeness (QED) is 0.675.